The third-order valence-electron chi connectivity index (χ3n) is 3.21. The molecule has 8 nitrogen and oxygen atoms in total. The molecule has 1 atom stereocenters. The summed E-state index contributed by atoms with van der Waals surface area (Å²) in [6, 6.07) is 4.16. The monoisotopic (exact) mass is 295 g/mol. The van der Waals surface area contributed by atoms with Crippen LogP contribution < -0.4 is 10.8 Å². The first-order valence-electron chi connectivity index (χ1n) is 6.58. The molecule has 21 heavy (non-hydrogen) atoms. The highest BCUT2D eigenvalue weighted by Crippen LogP contribution is 2.26. The second kappa shape index (κ2) is 7.00. The molecule has 0 radical (unpaired) electrons. The molecule has 1 saturated heterocycles. The molecular formula is C13H17N3O5. The average molecular weight is 295 g/mol. The lowest BCUT2D eigenvalue weighted by atomic mass is 10.1. The number of carbonyl (C=O) groups is 1. The molecule has 0 spiro atoms. The van der Waals surface area contributed by atoms with Crippen molar-refractivity contribution in [2.45, 2.75) is 6.42 Å². The number of benzene rings is 1. The van der Waals surface area contributed by atoms with E-state index in [0.29, 0.717) is 19.1 Å². The number of anilines is 1. The van der Waals surface area contributed by atoms with Crippen LogP contribution in [-0.4, -0.2) is 37.7 Å². The van der Waals surface area contributed by atoms with Crippen LogP contribution in [0.25, 0.3) is 0 Å². The van der Waals surface area contributed by atoms with Gasteiger partial charge in [-0.2, -0.15) is 0 Å². The molecule has 1 aromatic carbocycles. The number of nitro benzene ring substituents is 1. The third-order valence-corrected chi connectivity index (χ3v) is 3.21. The summed E-state index contributed by atoms with van der Waals surface area (Å²) < 4.78 is 5.22. The van der Waals surface area contributed by atoms with Gasteiger partial charge in [-0.05, 0) is 18.6 Å². The minimum atomic E-state index is -0.559. The number of hydrogen-bond donors (Lipinski definition) is 2. The topological polar surface area (TPSA) is 103 Å². The van der Waals surface area contributed by atoms with E-state index >= 15 is 0 Å². The van der Waals surface area contributed by atoms with Gasteiger partial charge in [-0.15, -0.1) is 0 Å². The maximum Gasteiger partial charge on any atom is 0.295 e. The standard InChI is InChI=1S/C13H17N3O5/c1-14-13(17)10-2-3-11(12(6-10)16(18)19)15-21-8-9-4-5-20-7-9/h2-3,6,9,15H,4-5,7-8H2,1H3,(H,14,17). The summed E-state index contributed by atoms with van der Waals surface area (Å²) in [4.78, 5) is 27.3. The van der Waals surface area contributed by atoms with Gasteiger partial charge < -0.3 is 10.1 Å². The molecule has 1 heterocycles. The van der Waals surface area contributed by atoms with E-state index in [1.54, 1.807) is 0 Å². The van der Waals surface area contributed by atoms with Crippen LogP contribution in [0.2, 0.25) is 0 Å². The number of nitrogens with zero attached hydrogens (tertiary/aromatic N) is 1. The van der Waals surface area contributed by atoms with Gasteiger partial charge in [0.1, 0.15) is 5.69 Å². The Labute approximate surface area is 121 Å². The summed E-state index contributed by atoms with van der Waals surface area (Å²) in [5.41, 5.74) is 2.80. The van der Waals surface area contributed by atoms with Crippen LogP contribution in [0, 0.1) is 16.0 Å². The Morgan fingerprint density at radius 1 is 1.57 bits per heavy atom. The number of nitrogens with one attached hydrogen (secondary N) is 2. The Hall–Kier alpha value is -2.19. The normalized spacial score (nSPS) is 17.5. The summed E-state index contributed by atoms with van der Waals surface area (Å²) in [6.45, 7) is 1.77. The zero-order valence-corrected chi connectivity index (χ0v) is 11.6. The Balaban J connectivity index is 2.03. The van der Waals surface area contributed by atoms with Crippen LogP contribution >= 0.6 is 0 Å². The first kappa shape index (κ1) is 15.2. The number of rotatable bonds is 6. The Morgan fingerprint density at radius 3 is 3.00 bits per heavy atom. The van der Waals surface area contributed by atoms with Crippen LogP contribution in [0.5, 0.6) is 0 Å². The van der Waals surface area contributed by atoms with E-state index in [4.69, 9.17) is 9.57 Å². The zero-order valence-electron chi connectivity index (χ0n) is 11.6. The molecule has 1 unspecified atom stereocenters. The Bertz CT molecular complexity index is 529. The van der Waals surface area contributed by atoms with E-state index in [1.165, 1.54) is 25.2 Å². The van der Waals surface area contributed by atoms with Gasteiger partial charge in [0.25, 0.3) is 11.6 Å². The molecule has 2 rings (SSSR count). The minimum absolute atomic E-state index is 0.209. The smallest absolute Gasteiger partial charge is 0.295 e. The maximum absolute atomic E-state index is 11.5. The first-order valence-corrected chi connectivity index (χ1v) is 6.58. The molecular weight excluding hydrogens is 278 g/mol. The van der Waals surface area contributed by atoms with Crippen LogP contribution in [0.4, 0.5) is 11.4 Å². The van der Waals surface area contributed by atoms with Gasteiger partial charge in [0.15, 0.2) is 0 Å². The van der Waals surface area contributed by atoms with E-state index in [-0.39, 0.29) is 22.8 Å². The van der Waals surface area contributed by atoms with Gasteiger partial charge in [0.2, 0.25) is 0 Å². The molecule has 1 aromatic rings. The Morgan fingerprint density at radius 2 is 2.38 bits per heavy atom. The van der Waals surface area contributed by atoms with Crippen molar-refractivity contribution in [1.82, 2.24) is 5.32 Å². The zero-order chi connectivity index (χ0) is 15.2. The molecule has 2 N–H and O–H groups in total. The van der Waals surface area contributed by atoms with E-state index < -0.39 is 4.92 Å². The highest BCUT2D eigenvalue weighted by atomic mass is 16.6. The summed E-state index contributed by atoms with van der Waals surface area (Å²) >= 11 is 0. The van der Waals surface area contributed by atoms with Crippen LogP contribution in [0.1, 0.15) is 16.8 Å². The lowest BCUT2D eigenvalue weighted by Crippen LogP contribution is -2.18. The van der Waals surface area contributed by atoms with Crippen LogP contribution in [0.3, 0.4) is 0 Å². The molecule has 1 amide bonds. The minimum Gasteiger partial charge on any atom is -0.381 e. The molecule has 114 valence electrons. The summed E-state index contributed by atoms with van der Waals surface area (Å²) in [5, 5.41) is 13.5. The fourth-order valence-electron chi connectivity index (χ4n) is 2.01. The largest absolute Gasteiger partial charge is 0.381 e. The summed E-state index contributed by atoms with van der Waals surface area (Å²) in [7, 11) is 1.47. The molecule has 0 bridgehead atoms. The molecule has 1 aliphatic rings. The second-order valence-electron chi connectivity index (χ2n) is 4.71. The molecule has 0 aliphatic carbocycles. The van der Waals surface area contributed by atoms with E-state index in [0.717, 1.165) is 13.0 Å². The molecule has 1 fully saturated rings. The van der Waals surface area contributed by atoms with E-state index in [9.17, 15) is 14.9 Å². The van der Waals surface area contributed by atoms with Gasteiger partial charge in [-0.25, -0.2) is 0 Å². The number of hydrogen-bond acceptors (Lipinski definition) is 6. The number of amides is 1. The van der Waals surface area contributed by atoms with Gasteiger partial charge in [0, 0.05) is 31.2 Å². The van der Waals surface area contributed by atoms with Crippen molar-refractivity contribution in [2.75, 3.05) is 32.3 Å². The fraction of sp³-hybridized carbons (Fsp3) is 0.462. The van der Waals surface area contributed by atoms with E-state index in [1.807, 2.05) is 0 Å². The predicted molar refractivity (Wildman–Crippen MR) is 75.0 cm³/mol. The van der Waals surface area contributed by atoms with Crippen LogP contribution in [0.15, 0.2) is 18.2 Å². The van der Waals surface area contributed by atoms with Gasteiger partial charge >= 0.3 is 0 Å². The molecule has 0 aromatic heterocycles. The first-order chi connectivity index (χ1) is 10.1. The third kappa shape index (κ3) is 3.89. The lowest BCUT2D eigenvalue weighted by molar-refractivity contribution is -0.384. The summed E-state index contributed by atoms with van der Waals surface area (Å²) in [6.07, 6.45) is 0.916. The van der Waals surface area contributed by atoms with Crippen molar-refractivity contribution in [3.63, 3.8) is 0 Å². The number of nitro groups is 1. The van der Waals surface area contributed by atoms with Crippen molar-refractivity contribution >= 4 is 17.3 Å². The lowest BCUT2D eigenvalue weighted by Gasteiger charge is -2.11. The van der Waals surface area contributed by atoms with Crippen molar-refractivity contribution in [3.8, 4) is 0 Å². The quantitative estimate of drug-likeness (QED) is 0.606. The van der Waals surface area contributed by atoms with Gasteiger partial charge in [0.05, 0.1) is 18.1 Å². The highest BCUT2D eigenvalue weighted by molar-refractivity contribution is 5.95. The molecule has 8 heteroatoms. The SMILES string of the molecule is CNC(=O)c1ccc(NOCC2CCOC2)c([N+](=O)[O-])c1. The maximum atomic E-state index is 11.5. The molecule has 0 saturated carbocycles. The summed E-state index contributed by atoms with van der Waals surface area (Å²) in [5.74, 6) is -0.0876. The highest BCUT2D eigenvalue weighted by Gasteiger charge is 2.19. The molecule has 1 aliphatic heterocycles. The second-order valence-corrected chi connectivity index (χ2v) is 4.71. The van der Waals surface area contributed by atoms with Crippen LogP contribution in [-0.2, 0) is 9.57 Å². The predicted octanol–water partition coefficient (Wildman–Crippen LogP) is 1.33. The Kier molecular flexibility index (Phi) is 5.07. The van der Waals surface area contributed by atoms with Crippen molar-refractivity contribution in [1.29, 1.82) is 0 Å². The van der Waals surface area contributed by atoms with Crippen molar-refractivity contribution in [2.24, 2.45) is 5.92 Å². The van der Waals surface area contributed by atoms with Crippen molar-refractivity contribution < 1.29 is 19.3 Å². The number of carbonyl (C=O) groups excluding carboxylic acids is 1. The average Bonchev–Trinajstić information content (AvgIpc) is 2.99. The van der Waals surface area contributed by atoms with Gasteiger partial charge in [-0.3, -0.25) is 25.2 Å². The number of ether oxygens (including phenoxy) is 1. The fourth-order valence-corrected chi connectivity index (χ4v) is 2.01. The van der Waals surface area contributed by atoms with Gasteiger partial charge in [-0.1, -0.05) is 0 Å². The van der Waals surface area contributed by atoms with E-state index in [2.05, 4.69) is 10.8 Å². The van der Waals surface area contributed by atoms with Crippen molar-refractivity contribution in [3.05, 3.63) is 33.9 Å².